The van der Waals surface area contributed by atoms with Gasteiger partial charge in [-0.2, -0.15) is 10.2 Å². The van der Waals surface area contributed by atoms with E-state index in [-0.39, 0.29) is 0 Å². The molecule has 0 saturated carbocycles. The van der Waals surface area contributed by atoms with E-state index in [4.69, 9.17) is 0 Å². The fraction of sp³-hybridized carbons (Fsp3) is 0.385. The zero-order valence-corrected chi connectivity index (χ0v) is 20.2. The van der Waals surface area contributed by atoms with E-state index in [1.165, 1.54) is 16.9 Å². The number of rotatable bonds is 8. The first-order valence-corrected chi connectivity index (χ1v) is 11.7. The summed E-state index contributed by atoms with van der Waals surface area (Å²) in [5.74, 6) is -4.37. The molecular formula is C26H30N4O6. The Hall–Kier alpha value is -3.44. The van der Waals surface area contributed by atoms with Gasteiger partial charge in [0.25, 0.3) is 11.8 Å². The molecule has 2 aliphatic rings. The quantitative estimate of drug-likeness (QED) is 0.433. The van der Waals surface area contributed by atoms with Crippen LogP contribution in [-0.4, -0.2) is 68.1 Å². The van der Waals surface area contributed by atoms with Gasteiger partial charge < -0.3 is 20.4 Å². The summed E-state index contributed by atoms with van der Waals surface area (Å²) in [5, 5.41) is 53.4. The molecule has 0 aromatic heterocycles. The van der Waals surface area contributed by atoms with E-state index in [1.54, 1.807) is 74.5 Å². The lowest BCUT2D eigenvalue weighted by Crippen LogP contribution is -2.54. The molecule has 0 aliphatic carbocycles. The Balaban J connectivity index is 1.75. The average Bonchev–Trinajstić information content (AvgIpc) is 3.34. The second-order valence-electron chi connectivity index (χ2n) is 9.20. The summed E-state index contributed by atoms with van der Waals surface area (Å²) in [7, 11) is 0. The van der Waals surface area contributed by atoms with Crippen molar-refractivity contribution >= 4 is 34.6 Å². The number of para-hydroxylation sites is 2. The fourth-order valence-corrected chi connectivity index (χ4v) is 4.86. The first-order chi connectivity index (χ1) is 17.1. The van der Waals surface area contributed by atoms with Crippen molar-refractivity contribution in [3.05, 3.63) is 60.7 Å². The minimum Gasteiger partial charge on any atom is -0.391 e. The van der Waals surface area contributed by atoms with Crippen LogP contribution in [0.25, 0.3) is 0 Å². The Labute approximate surface area is 208 Å². The molecule has 2 heterocycles. The maximum Gasteiger partial charge on any atom is 0.256 e. The van der Waals surface area contributed by atoms with E-state index in [1.807, 2.05) is 0 Å². The van der Waals surface area contributed by atoms with Crippen molar-refractivity contribution in [3.63, 3.8) is 0 Å². The van der Waals surface area contributed by atoms with Crippen LogP contribution < -0.4 is 10.0 Å². The van der Waals surface area contributed by atoms with Gasteiger partial charge >= 0.3 is 0 Å². The van der Waals surface area contributed by atoms with Crippen molar-refractivity contribution in [3.8, 4) is 0 Å². The molecule has 4 rings (SSSR count). The van der Waals surface area contributed by atoms with Crippen molar-refractivity contribution < 1.29 is 30.0 Å². The number of amides is 2. The maximum atomic E-state index is 13.7. The van der Waals surface area contributed by atoms with Gasteiger partial charge in [0.15, 0.2) is 0 Å². The fourth-order valence-electron chi connectivity index (χ4n) is 4.86. The van der Waals surface area contributed by atoms with E-state index >= 15 is 0 Å². The molecular weight excluding hydrogens is 464 g/mol. The Bertz CT molecular complexity index is 1090. The van der Waals surface area contributed by atoms with Crippen molar-refractivity contribution in [2.75, 3.05) is 10.0 Å². The number of anilines is 2. The Morgan fingerprint density at radius 1 is 0.667 bits per heavy atom. The van der Waals surface area contributed by atoms with Crippen LogP contribution in [0, 0.1) is 17.8 Å². The van der Waals surface area contributed by atoms with Crippen molar-refractivity contribution in [2.45, 2.75) is 45.2 Å². The van der Waals surface area contributed by atoms with Crippen LogP contribution in [0.1, 0.15) is 20.8 Å². The highest BCUT2D eigenvalue weighted by Crippen LogP contribution is 2.39. The predicted molar refractivity (Wildman–Crippen MR) is 134 cm³/mol. The molecule has 0 bridgehead atoms. The van der Waals surface area contributed by atoms with Crippen LogP contribution in [0.2, 0.25) is 0 Å². The monoisotopic (exact) mass is 494 g/mol. The standard InChI is InChI=1S/C26H30N4O6/c1-14-19(25(35)29(27-14)17-10-6-4-7-11-17)21(23(33)24(34)22(32)16(3)31)20-15(2)28-30(26(20)36)18-12-8-5-9-13-18/h4-13,16,19-24,31-34H,1-3H3/t16-,19?,20?,21?,22+,23+,24+/m0/s1. The number of hydrazone groups is 2. The van der Waals surface area contributed by atoms with Gasteiger partial charge in [-0.3, -0.25) is 9.59 Å². The minimum atomic E-state index is -1.84. The molecule has 190 valence electrons. The van der Waals surface area contributed by atoms with Gasteiger partial charge in [-0.05, 0) is 45.0 Å². The number of carbonyl (C=O) groups is 2. The number of hydrogen-bond acceptors (Lipinski definition) is 8. The summed E-state index contributed by atoms with van der Waals surface area (Å²) in [4.78, 5) is 27.3. The smallest absolute Gasteiger partial charge is 0.256 e. The molecule has 4 N–H and O–H groups in total. The van der Waals surface area contributed by atoms with E-state index in [2.05, 4.69) is 10.2 Å². The SMILES string of the molecule is CC1=NN(c2ccccc2)C(=O)C1C(C1C(=O)N(c2ccccc2)N=C1C)[C@@H](O)[C@H](O)[C@H](O)[C@H](C)O. The van der Waals surface area contributed by atoms with Gasteiger partial charge in [0.2, 0.25) is 0 Å². The molecule has 2 aromatic carbocycles. The normalized spacial score (nSPS) is 24.3. The third-order valence-corrected chi connectivity index (χ3v) is 6.73. The van der Waals surface area contributed by atoms with Crippen LogP contribution >= 0.6 is 0 Å². The molecule has 2 aromatic rings. The summed E-state index contributed by atoms with van der Waals surface area (Å²) in [6, 6.07) is 17.4. The minimum absolute atomic E-state index is 0.338. The van der Waals surface area contributed by atoms with Crippen molar-refractivity contribution in [1.82, 2.24) is 0 Å². The summed E-state index contributed by atoms with van der Waals surface area (Å²) in [5.41, 5.74) is 1.70. The van der Waals surface area contributed by atoms with Gasteiger partial charge in [0.1, 0.15) is 12.2 Å². The van der Waals surface area contributed by atoms with Crippen LogP contribution in [0.15, 0.2) is 70.9 Å². The van der Waals surface area contributed by atoms with E-state index < -0.39 is 54.0 Å². The zero-order valence-electron chi connectivity index (χ0n) is 20.2. The second kappa shape index (κ2) is 10.3. The molecule has 0 radical (unpaired) electrons. The van der Waals surface area contributed by atoms with Crippen LogP contribution in [-0.2, 0) is 9.59 Å². The second-order valence-corrected chi connectivity index (χ2v) is 9.20. The van der Waals surface area contributed by atoms with E-state index in [0.29, 0.717) is 22.8 Å². The maximum absolute atomic E-state index is 13.7. The van der Waals surface area contributed by atoms with Crippen LogP contribution in [0.3, 0.4) is 0 Å². The summed E-state index contributed by atoms with van der Waals surface area (Å²) in [6.45, 7) is 4.50. The molecule has 2 aliphatic heterocycles. The number of aliphatic hydroxyl groups excluding tert-OH is 4. The third-order valence-electron chi connectivity index (χ3n) is 6.73. The summed E-state index contributed by atoms with van der Waals surface area (Å²) < 4.78 is 0. The first-order valence-electron chi connectivity index (χ1n) is 11.7. The molecule has 10 heteroatoms. The van der Waals surface area contributed by atoms with Crippen LogP contribution in [0.4, 0.5) is 11.4 Å². The van der Waals surface area contributed by atoms with Gasteiger partial charge in [-0.25, -0.2) is 10.0 Å². The highest BCUT2D eigenvalue weighted by Gasteiger charge is 2.54. The van der Waals surface area contributed by atoms with Crippen LogP contribution in [0.5, 0.6) is 0 Å². The topological polar surface area (TPSA) is 146 Å². The third kappa shape index (κ3) is 4.56. The molecule has 0 spiro atoms. The Morgan fingerprint density at radius 2 is 1.06 bits per heavy atom. The summed E-state index contributed by atoms with van der Waals surface area (Å²) >= 11 is 0. The number of benzene rings is 2. The number of carbonyl (C=O) groups excluding carboxylic acids is 2. The van der Waals surface area contributed by atoms with E-state index in [9.17, 15) is 30.0 Å². The molecule has 0 saturated heterocycles. The van der Waals surface area contributed by atoms with Crippen molar-refractivity contribution in [1.29, 1.82) is 0 Å². The number of nitrogens with zero attached hydrogens (tertiary/aromatic N) is 4. The van der Waals surface area contributed by atoms with E-state index in [0.717, 1.165) is 0 Å². The number of hydrogen-bond donors (Lipinski definition) is 4. The average molecular weight is 495 g/mol. The predicted octanol–water partition coefficient (Wildman–Crippen LogP) is 1.14. The van der Waals surface area contributed by atoms with Crippen molar-refractivity contribution in [2.24, 2.45) is 28.0 Å². The first kappa shape index (κ1) is 25.6. The van der Waals surface area contributed by atoms with Gasteiger partial charge in [-0.15, -0.1) is 0 Å². The molecule has 0 fully saturated rings. The number of aliphatic hydroxyl groups is 4. The van der Waals surface area contributed by atoms with Gasteiger partial charge in [0.05, 0.1) is 35.4 Å². The largest absolute Gasteiger partial charge is 0.391 e. The zero-order chi connectivity index (χ0) is 26.1. The molecule has 2 amide bonds. The lowest BCUT2D eigenvalue weighted by atomic mass is 9.71. The lowest BCUT2D eigenvalue weighted by molar-refractivity contribution is -0.139. The van der Waals surface area contributed by atoms with Gasteiger partial charge in [0, 0.05) is 17.3 Å². The molecule has 10 nitrogen and oxygen atoms in total. The Kier molecular flexibility index (Phi) is 7.32. The molecule has 2 unspecified atom stereocenters. The molecule has 6 atom stereocenters. The molecule has 36 heavy (non-hydrogen) atoms. The summed E-state index contributed by atoms with van der Waals surface area (Å²) in [6.07, 6.45) is -6.67. The van der Waals surface area contributed by atoms with Gasteiger partial charge in [-0.1, -0.05) is 36.4 Å². The Morgan fingerprint density at radius 3 is 1.42 bits per heavy atom. The highest BCUT2D eigenvalue weighted by atomic mass is 16.4. The lowest BCUT2D eigenvalue weighted by Gasteiger charge is -2.36. The highest BCUT2D eigenvalue weighted by molar-refractivity contribution is 6.19.